The Morgan fingerprint density at radius 3 is 2.48 bits per heavy atom. The summed E-state index contributed by atoms with van der Waals surface area (Å²) in [6.45, 7) is 7.30. The average molecular weight is 468 g/mol. The van der Waals surface area contributed by atoms with E-state index < -0.39 is 0 Å². The fourth-order valence-electron chi connectivity index (χ4n) is 3.30. The van der Waals surface area contributed by atoms with Crippen LogP contribution in [0.25, 0.3) is 10.9 Å². The minimum absolute atomic E-state index is 0.0308. The molecule has 3 rings (SSSR count). The first-order chi connectivity index (χ1) is 15.8. The zero-order valence-electron chi connectivity index (χ0n) is 19.4. The number of hydrogen-bond acceptors (Lipinski definition) is 6. The molecule has 8 heteroatoms. The zero-order valence-corrected chi connectivity index (χ0v) is 20.2. The van der Waals surface area contributed by atoms with Gasteiger partial charge >= 0.3 is 0 Å². The Bertz CT molecular complexity index is 1200. The molecular weight excluding hydrogens is 438 g/mol. The molecule has 0 aliphatic carbocycles. The van der Waals surface area contributed by atoms with Crippen LogP contribution in [0.15, 0.2) is 52.4 Å². The van der Waals surface area contributed by atoms with Crippen LogP contribution in [0, 0.1) is 12.8 Å². The number of ketones is 1. The lowest BCUT2D eigenvalue weighted by molar-refractivity contribution is 0.0936. The predicted octanol–water partition coefficient (Wildman–Crippen LogP) is 3.71. The number of carbonyl (C=O) groups excluding carboxylic acids is 2. The summed E-state index contributed by atoms with van der Waals surface area (Å²) in [5.41, 5.74) is 2.39. The second-order valence-electron chi connectivity index (χ2n) is 8.26. The van der Waals surface area contributed by atoms with Crippen molar-refractivity contribution in [1.82, 2.24) is 14.9 Å². The molecule has 1 heterocycles. The molecule has 0 radical (unpaired) electrons. The van der Waals surface area contributed by atoms with E-state index in [4.69, 9.17) is 4.74 Å². The van der Waals surface area contributed by atoms with Gasteiger partial charge in [-0.2, -0.15) is 0 Å². The zero-order chi connectivity index (χ0) is 24.0. The first-order valence-electron chi connectivity index (χ1n) is 10.8. The maximum absolute atomic E-state index is 13.2. The summed E-state index contributed by atoms with van der Waals surface area (Å²) < 4.78 is 6.58. The van der Waals surface area contributed by atoms with E-state index in [0.717, 1.165) is 5.56 Å². The van der Waals surface area contributed by atoms with Crippen LogP contribution in [0.5, 0.6) is 0 Å². The Labute approximate surface area is 197 Å². The smallest absolute Gasteiger partial charge is 0.262 e. The molecule has 0 saturated carbocycles. The molecule has 0 aliphatic heterocycles. The van der Waals surface area contributed by atoms with Crippen LogP contribution in [0.1, 0.15) is 40.1 Å². The molecule has 0 unspecified atom stereocenters. The van der Waals surface area contributed by atoms with Gasteiger partial charge in [0.1, 0.15) is 0 Å². The number of hydrogen-bond donors (Lipinski definition) is 1. The highest BCUT2D eigenvalue weighted by Crippen LogP contribution is 2.21. The third-order valence-corrected chi connectivity index (χ3v) is 6.00. The highest BCUT2D eigenvalue weighted by molar-refractivity contribution is 7.99. The van der Waals surface area contributed by atoms with Crippen LogP contribution in [0.4, 0.5) is 0 Å². The summed E-state index contributed by atoms with van der Waals surface area (Å²) >= 11 is 1.24. The van der Waals surface area contributed by atoms with Crippen LogP contribution in [0.2, 0.25) is 0 Å². The largest absolute Gasteiger partial charge is 0.383 e. The number of nitrogens with one attached hydrogen (secondary N) is 1. The summed E-state index contributed by atoms with van der Waals surface area (Å²) in [6.07, 6.45) is 0. The summed E-state index contributed by atoms with van der Waals surface area (Å²) in [5, 5.41) is 3.68. The standard InChI is InChI=1S/C25H29N3O4S/c1-16(2)14-28-24(31)20-10-9-19(23(30)26-11-12-32-4)13-21(20)27-25(28)33-15-22(29)18-7-5-17(3)6-8-18/h5-10,13,16H,11-12,14-15H2,1-4H3,(H,26,30). The van der Waals surface area contributed by atoms with Crippen molar-refractivity contribution in [3.63, 3.8) is 0 Å². The Kier molecular flexibility index (Phi) is 8.41. The molecule has 1 N–H and O–H groups in total. The number of carbonyl (C=O) groups is 2. The summed E-state index contributed by atoms with van der Waals surface area (Å²) in [5.74, 6) is 0.0959. The average Bonchev–Trinajstić information content (AvgIpc) is 2.79. The number of fused-ring (bicyclic) bond motifs is 1. The molecule has 0 spiro atoms. The Morgan fingerprint density at radius 1 is 1.12 bits per heavy atom. The molecule has 3 aromatic rings. The van der Waals surface area contributed by atoms with Crippen molar-refractivity contribution in [3.05, 3.63) is 69.5 Å². The minimum atomic E-state index is -0.258. The number of ether oxygens (including phenoxy) is 1. The fourth-order valence-corrected chi connectivity index (χ4v) is 4.20. The highest BCUT2D eigenvalue weighted by atomic mass is 32.2. The number of Topliss-reactive ketones (excluding diaryl/α,β-unsaturated/α-hetero) is 1. The van der Waals surface area contributed by atoms with Gasteiger partial charge in [-0.1, -0.05) is 55.4 Å². The second kappa shape index (κ2) is 11.2. The molecule has 1 aromatic heterocycles. The third-order valence-electron chi connectivity index (χ3n) is 5.03. The van der Waals surface area contributed by atoms with Gasteiger partial charge in [-0.05, 0) is 31.0 Å². The van der Waals surface area contributed by atoms with E-state index in [0.29, 0.717) is 46.9 Å². The molecule has 0 atom stereocenters. The Balaban J connectivity index is 1.92. The van der Waals surface area contributed by atoms with E-state index in [1.54, 1.807) is 29.9 Å². The van der Waals surface area contributed by atoms with Gasteiger partial charge in [0.15, 0.2) is 10.9 Å². The van der Waals surface area contributed by atoms with Crippen molar-refractivity contribution in [2.45, 2.75) is 32.5 Å². The SMILES string of the molecule is COCCNC(=O)c1ccc2c(=O)n(CC(C)C)c(SCC(=O)c3ccc(C)cc3)nc2c1. The van der Waals surface area contributed by atoms with Gasteiger partial charge < -0.3 is 10.1 Å². The van der Waals surface area contributed by atoms with Crippen molar-refractivity contribution >= 4 is 34.4 Å². The van der Waals surface area contributed by atoms with E-state index in [2.05, 4.69) is 10.3 Å². The second-order valence-corrected chi connectivity index (χ2v) is 9.20. The number of benzene rings is 2. The number of aryl methyl sites for hydroxylation is 1. The molecule has 2 aromatic carbocycles. The number of amides is 1. The van der Waals surface area contributed by atoms with E-state index in [1.165, 1.54) is 11.8 Å². The van der Waals surface area contributed by atoms with Crippen LogP contribution < -0.4 is 10.9 Å². The van der Waals surface area contributed by atoms with Crippen molar-refractivity contribution in [1.29, 1.82) is 0 Å². The third kappa shape index (κ3) is 6.30. The topological polar surface area (TPSA) is 90.3 Å². The van der Waals surface area contributed by atoms with Crippen LogP contribution in [-0.2, 0) is 11.3 Å². The molecule has 0 aliphatic rings. The summed E-state index contributed by atoms with van der Waals surface area (Å²) in [7, 11) is 1.57. The molecule has 33 heavy (non-hydrogen) atoms. The summed E-state index contributed by atoms with van der Waals surface area (Å²) in [6, 6.07) is 12.3. The number of nitrogens with zero attached hydrogens (tertiary/aromatic N) is 2. The quantitative estimate of drug-likeness (QED) is 0.212. The van der Waals surface area contributed by atoms with Crippen LogP contribution >= 0.6 is 11.8 Å². The number of methoxy groups -OCH3 is 1. The number of rotatable bonds is 10. The lowest BCUT2D eigenvalue weighted by Crippen LogP contribution is -2.28. The number of aromatic nitrogens is 2. The fraction of sp³-hybridized carbons (Fsp3) is 0.360. The van der Waals surface area contributed by atoms with Gasteiger partial charge in [-0.3, -0.25) is 19.0 Å². The van der Waals surface area contributed by atoms with Gasteiger partial charge in [0.2, 0.25) is 0 Å². The predicted molar refractivity (Wildman–Crippen MR) is 131 cm³/mol. The lowest BCUT2D eigenvalue weighted by atomic mass is 10.1. The Morgan fingerprint density at radius 2 is 1.82 bits per heavy atom. The molecule has 0 bridgehead atoms. The van der Waals surface area contributed by atoms with Gasteiger partial charge in [-0.25, -0.2) is 4.98 Å². The van der Waals surface area contributed by atoms with E-state index in [9.17, 15) is 14.4 Å². The first kappa shape index (κ1) is 24.7. The Hall–Kier alpha value is -2.97. The highest BCUT2D eigenvalue weighted by Gasteiger charge is 2.16. The van der Waals surface area contributed by atoms with Gasteiger partial charge in [0, 0.05) is 31.3 Å². The normalized spacial score (nSPS) is 11.2. The molecule has 1 amide bonds. The van der Waals surface area contributed by atoms with Gasteiger partial charge in [0.05, 0.1) is 23.3 Å². The van der Waals surface area contributed by atoms with E-state index in [-0.39, 0.29) is 28.9 Å². The van der Waals surface area contributed by atoms with Crippen LogP contribution in [0.3, 0.4) is 0 Å². The maximum Gasteiger partial charge on any atom is 0.262 e. The monoisotopic (exact) mass is 467 g/mol. The van der Waals surface area contributed by atoms with E-state index >= 15 is 0 Å². The van der Waals surface area contributed by atoms with Crippen molar-refractivity contribution < 1.29 is 14.3 Å². The lowest BCUT2D eigenvalue weighted by Gasteiger charge is -2.15. The van der Waals surface area contributed by atoms with Gasteiger partial charge in [0.25, 0.3) is 11.5 Å². The molecule has 0 saturated heterocycles. The maximum atomic E-state index is 13.2. The minimum Gasteiger partial charge on any atom is -0.383 e. The van der Waals surface area contributed by atoms with Crippen molar-refractivity contribution in [3.8, 4) is 0 Å². The van der Waals surface area contributed by atoms with Gasteiger partial charge in [-0.15, -0.1) is 0 Å². The summed E-state index contributed by atoms with van der Waals surface area (Å²) in [4.78, 5) is 43.0. The number of thioether (sulfide) groups is 1. The van der Waals surface area contributed by atoms with Crippen molar-refractivity contribution in [2.24, 2.45) is 5.92 Å². The molecule has 0 fully saturated rings. The molecule has 174 valence electrons. The van der Waals surface area contributed by atoms with Crippen molar-refractivity contribution in [2.75, 3.05) is 26.0 Å². The first-order valence-corrected chi connectivity index (χ1v) is 11.8. The molecule has 7 nitrogen and oxygen atoms in total. The van der Waals surface area contributed by atoms with E-state index in [1.807, 2.05) is 45.0 Å². The molecular formula is C25H29N3O4S. The van der Waals surface area contributed by atoms with Crippen LogP contribution in [-0.4, -0.2) is 47.3 Å².